The van der Waals surface area contributed by atoms with E-state index < -0.39 is 0 Å². The fraction of sp³-hybridized carbons (Fsp3) is 0.769. The van der Waals surface area contributed by atoms with E-state index in [1.807, 2.05) is 27.7 Å². The Bertz CT molecular complexity index is 233. The summed E-state index contributed by atoms with van der Waals surface area (Å²) in [4.78, 5) is 11.8. The van der Waals surface area contributed by atoms with Crippen molar-refractivity contribution in [2.75, 3.05) is 0 Å². The monoisotopic (exact) mass is 196 g/mol. The normalized spacial score (nSPS) is 14.4. The van der Waals surface area contributed by atoms with E-state index in [9.17, 15) is 4.79 Å². The number of carbonyl (C=O) groups is 1. The van der Waals surface area contributed by atoms with Gasteiger partial charge in [-0.2, -0.15) is 0 Å². The Morgan fingerprint density at radius 1 is 1.00 bits per heavy atom. The number of hydrogen-bond donors (Lipinski definition) is 0. The molecule has 0 aromatic carbocycles. The maximum Gasteiger partial charge on any atom is 0.142 e. The molecule has 0 aliphatic heterocycles. The SMILES string of the molecule is CC=C(CC(=O)C(C)(C)C)C(C)(C)C. The molecule has 82 valence electrons. The summed E-state index contributed by atoms with van der Waals surface area (Å²) in [6, 6.07) is 0. The van der Waals surface area contributed by atoms with E-state index in [0.29, 0.717) is 12.2 Å². The van der Waals surface area contributed by atoms with Crippen molar-refractivity contribution in [1.82, 2.24) is 0 Å². The van der Waals surface area contributed by atoms with Crippen molar-refractivity contribution in [2.24, 2.45) is 10.8 Å². The highest BCUT2D eigenvalue weighted by Crippen LogP contribution is 2.30. The van der Waals surface area contributed by atoms with Crippen LogP contribution in [0.5, 0.6) is 0 Å². The van der Waals surface area contributed by atoms with Crippen molar-refractivity contribution >= 4 is 5.78 Å². The van der Waals surface area contributed by atoms with Gasteiger partial charge in [0.1, 0.15) is 5.78 Å². The lowest BCUT2D eigenvalue weighted by molar-refractivity contribution is -0.125. The number of allylic oxidation sites excluding steroid dienone is 2. The van der Waals surface area contributed by atoms with Gasteiger partial charge in [0.15, 0.2) is 0 Å². The summed E-state index contributed by atoms with van der Waals surface area (Å²) in [5, 5.41) is 0. The molecule has 14 heavy (non-hydrogen) atoms. The third-order valence-electron chi connectivity index (χ3n) is 2.50. The number of carbonyl (C=O) groups excluding carboxylic acids is 1. The molecular formula is C13H24O. The van der Waals surface area contributed by atoms with Gasteiger partial charge in [0.25, 0.3) is 0 Å². The second kappa shape index (κ2) is 4.29. The van der Waals surface area contributed by atoms with Crippen molar-refractivity contribution in [1.29, 1.82) is 0 Å². The standard InChI is InChI=1S/C13H24O/c1-8-10(12(2,3)4)9-11(14)13(5,6)7/h8H,9H2,1-7H3. The molecule has 0 saturated carbocycles. The van der Waals surface area contributed by atoms with E-state index in [4.69, 9.17) is 0 Å². The molecule has 0 saturated heterocycles. The van der Waals surface area contributed by atoms with Gasteiger partial charge in [-0.15, -0.1) is 0 Å². The minimum Gasteiger partial charge on any atom is -0.299 e. The quantitative estimate of drug-likeness (QED) is 0.610. The second-order valence-electron chi connectivity index (χ2n) is 5.91. The highest BCUT2D eigenvalue weighted by Gasteiger charge is 2.25. The topological polar surface area (TPSA) is 17.1 Å². The molecule has 0 bridgehead atoms. The molecule has 0 rings (SSSR count). The van der Waals surface area contributed by atoms with Crippen LogP contribution in [0, 0.1) is 10.8 Å². The molecule has 1 nitrogen and oxygen atoms in total. The van der Waals surface area contributed by atoms with Crippen LogP contribution in [0.2, 0.25) is 0 Å². The minimum atomic E-state index is -0.223. The van der Waals surface area contributed by atoms with Gasteiger partial charge < -0.3 is 0 Å². The Labute approximate surface area is 88.6 Å². The third kappa shape index (κ3) is 4.08. The van der Waals surface area contributed by atoms with Crippen LogP contribution < -0.4 is 0 Å². The summed E-state index contributed by atoms with van der Waals surface area (Å²) < 4.78 is 0. The molecule has 0 spiro atoms. The van der Waals surface area contributed by atoms with Gasteiger partial charge in [0.2, 0.25) is 0 Å². The first-order chi connectivity index (χ1) is 6.09. The second-order valence-corrected chi connectivity index (χ2v) is 5.91. The van der Waals surface area contributed by atoms with Gasteiger partial charge in [-0.05, 0) is 12.3 Å². The molecule has 0 N–H and O–H groups in total. The van der Waals surface area contributed by atoms with E-state index >= 15 is 0 Å². The first kappa shape index (κ1) is 13.4. The fourth-order valence-electron chi connectivity index (χ4n) is 1.24. The molecule has 0 aromatic heterocycles. The smallest absolute Gasteiger partial charge is 0.142 e. The van der Waals surface area contributed by atoms with Crippen LogP contribution in [0.25, 0.3) is 0 Å². The van der Waals surface area contributed by atoms with Crippen molar-refractivity contribution in [3.63, 3.8) is 0 Å². The largest absolute Gasteiger partial charge is 0.299 e. The molecule has 1 heteroatoms. The Balaban J connectivity index is 4.61. The third-order valence-corrected chi connectivity index (χ3v) is 2.50. The van der Waals surface area contributed by atoms with E-state index in [1.54, 1.807) is 0 Å². The van der Waals surface area contributed by atoms with Crippen LogP contribution in [0.1, 0.15) is 54.9 Å². The van der Waals surface area contributed by atoms with Crippen LogP contribution >= 0.6 is 0 Å². The zero-order valence-electron chi connectivity index (χ0n) is 10.7. The summed E-state index contributed by atoms with van der Waals surface area (Å²) in [6.45, 7) is 14.4. The van der Waals surface area contributed by atoms with Gasteiger partial charge in [-0.1, -0.05) is 53.2 Å². The number of hydrogen-bond acceptors (Lipinski definition) is 1. The van der Waals surface area contributed by atoms with Gasteiger partial charge in [0.05, 0.1) is 0 Å². The van der Waals surface area contributed by atoms with Crippen LogP contribution in [-0.2, 0) is 4.79 Å². The lowest BCUT2D eigenvalue weighted by atomic mass is 9.79. The average molecular weight is 196 g/mol. The number of ketones is 1. The fourth-order valence-corrected chi connectivity index (χ4v) is 1.24. The molecule has 0 unspecified atom stereocenters. The van der Waals surface area contributed by atoms with Crippen molar-refractivity contribution < 1.29 is 4.79 Å². The molecule has 0 aliphatic carbocycles. The Hall–Kier alpha value is -0.590. The van der Waals surface area contributed by atoms with Crippen LogP contribution in [0.3, 0.4) is 0 Å². The number of Topliss-reactive ketones (excluding diaryl/α,β-unsaturated/α-hetero) is 1. The molecule has 0 amide bonds. The lowest BCUT2D eigenvalue weighted by Crippen LogP contribution is -2.23. The number of rotatable bonds is 2. The first-order valence-electron chi connectivity index (χ1n) is 5.28. The van der Waals surface area contributed by atoms with Gasteiger partial charge in [-0.3, -0.25) is 4.79 Å². The molecule has 0 aliphatic rings. The van der Waals surface area contributed by atoms with Crippen molar-refractivity contribution in [2.45, 2.75) is 54.9 Å². The highest BCUT2D eigenvalue weighted by molar-refractivity contribution is 5.85. The van der Waals surface area contributed by atoms with Crippen LogP contribution in [0.4, 0.5) is 0 Å². The van der Waals surface area contributed by atoms with Crippen molar-refractivity contribution in [3.8, 4) is 0 Å². The van der Waals surface area contributed by atoms with E-state index in [-0.39, 0.29) is 10.8 Å². The average Bonchev–Trinajstić information content (AvgIpc) is 1.95. The van der Waals surface area contributed by atoms with Crippen LogP contribution in [0.15, 0.2) is 11.6 Å². The predicted molar refractivity (Wildman–Crippen MR) is 62.3 cm³/mol. The van der Waals surface area contributed by atoms with E-state index in [2.05, 4.69) is 26.8 Å². The summed E-state index contributed by atoms with van der Waals surface area (Å²) in [5.41, 5.74) is 1.12. The highest BCUT2D eigenvalue weighted by atomic mass is 16.1. The van der Waals surface area contributed by atoms with Crippen LogP contribution in [-0.4, -0.2) is 5.78 Å². The summed E-state index contributed by atoms with van der Waals surface area (Å²) in [5.74, 6) is 0.320. The minimum absolute atomic E-state index is 0.107. The maximum atomic E-state index is 11.8. The molecule has 0 heterocycles. The first-order valence-corrected chi connectivity index (χ1v) is 5.28. The summed E-state index contributed by atoms with van der Waals surface area (Å²) in [7, 11) is 0. The molecule has 0 fully saturated rings. The zero-order valence-corrected chi connectivity index (χ0v) is 10.7. The van der Waals surface area contributed by atoms with Gasteiger partial charge >= 0.3 is 0 Å². The summed E-state index contributed by atoms with van der Waals surface area (Å²) >= 11 is 0. The van der Waals surface area contributed by atoms with E-state index in [0.717, 1.165) is 0 Å². The Kier molecular flexibility index (Phi) is 4.11. The summed E-state index contributed by atoms with van der Waals surface area (Å²) in [6.07, 6.45) is 2.66. The molecule has 0 aromatic rings. The Morgan fingerprint density at radius 3 is 1.64 bits per heavy atom. The molecule has 0 radical (unpaired) electrons. The molecule has 0 atom stereocenters. The lowest BCUT2D eigenvalue weighted by Gasteiger charge is -2.25. The Morgan fingerprint density at radius 2 is 1.43 bits per heavy atom. The van der Waals surface area contributed by atoms with Gasteiger partial charge in [-0.25, -0.2) is 0 Å². The van der Waals surface area contributed by atoms with Gasteiger partial charge in [0, 0.05) is 11.8 Å². The molecular weight excluding hydrogens is 172 g/mol. The predicted octanol–water partition coefficient (Wildman–Crippen LogP) is 3.98. The van der Waals surface area contributed by atoms with E-state index in [1.165, 1.54) is 5.57 Å². The van der Waals surface area contributed by atoms with Crippen molar-refractivity contribution in [3.05, 3.63) is 11.6 Å². The maximum absolute atomic E-state index is 11.8. The zero-order chi connectivity index (χ0) is 11.6.